The van der Waals surface area contributed by atoms with Crippen LogP contribution in [0.2, 0.25) is 0 Å². The molecule has 3 aromatic carbocycles. The van der Waals surface area contributed by atoms with E-state index in [1.54, 1.807) is 12.5 Å². The maximum atomic E-state index is 10.9. The lowest BCUT2D eigenvalue weighted by molar-refractivity contribution is -0.136. The molecular weight excluding hydrogens is 546 g/mol. The molecule has 1 N–H and O–H groups in total. The molecule has 0 radical (unpaired) electrons. The molecule has 5 aromatic rings. The van der Waals surface area contributed by atoms with Crippen molar-refractivity contribution in [3.05, 3.63) is 102 Å². The van der Waals surface area contributed by atoms with Crippen LogP contribution in [0.3, 0.4) is 0 Å². The van der Waals surface area contributed by atoms with Crippen molar-refractivity contribution in [1.29, 1.82) is 0 Å². The van der Waals surface area contributed by atoms with E-state index in [9.17, 15) is 4.79 Å². The summed E-state index contributed by atoms with van der Waals surface area (Å²) in [6.45, 7) is 5.18. The summed E-state index contributed by atoms with van der Waals surface area (Å²) in [5.41, 5.74) is 4.32. The van der Waals surface area contributed by atoms with Crippen LogP contribution >= 0.6 is 11.3 Å². The Balaban J connectivity index is 1.10. The first-order chi connectivity index (χ1) is 20.6. The molecule has 2 aromatic heterocycles. The molecule has 3 heterocycles. The number of carboxylic acid groups (broad SMARTS) is 1. The van der Waals surface area contributed by atoms with Crippen molar-refractivity contribution in [3.63, 3.8) is 0 Å². The Bertz CT molecular complexity index is 1620. The van der Waals surface area contributed by atoms with Crippen LogP contribution < -0.4 is 9.47 Å². The van der Waals surface area contributed by atoms with Crippen molar-refractivity contribution in [2.24, 2.45) is 0 Å². The predicted octanol–water partition coefficient (Wildman–Crippen LogP) is 6.54. The minimum Gasteiger partial charge on any atom is -0.492 e. The first-order valence-corrected chi connectivity index (χ1v) is 15.3. The van der Waals surface area contributed by atoms with Crippen molar-refractivity contribution in [1.82, 2.24) is 14.5 Å². The van der Waals surface area contributed by atoms with Gasteiger partial charge in [0.2, 0.25) is 0 Å². The number of hydrogen-bond donors (Lipinski definition) is 1. The molecule has 42 heavy (non-hydrogen) atoms. The number of carbonyl (C=O) groups is 1. The van der Waals surface area contributed by atoms with Crippen LogP contribution in [-0.4, -0.2) is 58.4 Å². The number of rotatable bonds is 13. The van der Waals surface area contributed by atoms with E-state index < -0.39 is 5.97 Å². The average Bonchev–Trinajstić information content (AvgIpc) is 3.76. The highest BCUT2D eigenvalue weighted by Crippen LogP contribution is 2.40. The lowest BCUT2D eigenvalue weighted by Gasteiger charge is -2.15. The van der Waals surface area contributed by atoms with Gasteiger partial charge in [-0.15, -0.1) is 11.3 Å². The number of likely N-dealkylation sites (tertiary alicyclic amines) is 1. The molecule has 1 aliphatic rings. The second-order valence-electron chi connectivity index (χ2n) is 10.7. The fourth-order valence-electron chi connectivity index (χ4n) is 5.46. The Labute approximate surface area is 250 Å². The summed E-state index contributed by atoms with van der Waals surface area (Å²) in [6.07, 6.45) is 6.77. The highest BCUT2D eigenvalue weighted by Gasteiger charge is 2.15. The van der Waals surface area contributed by atoms with E-state index in [-0.39, 0.29) is 6.42 Å². The van der Waals surface area contributed by atoms with Gasteiger partial charge in [-0.1, -0.05) is 30.3 Å². The summed E-state index contributed by atoms with van der Waals surface area (Å²) in [6, 6.07) is 25.5. The largest absolute Gasteiger partial charge is 0.492 e. The van der Waals surface area contributed by atoms with Crippen molar-refractivity contribution >= 4 is 27.4 Å². The number of ether oxygens (including phenoxy) is 2. The third-order valence-electron chi connectivity index (χ3n) is 7.63. The zero-order valence-electron chi connectivity index (χ0n) is 23.6. The van der Waals surface area contributed by atoms with E-state index in [2.05, 4.69) is 70.5 Å². The Morgan fingerprint density at radius 1 is 0.881 bits per heavy atom. The molecule has 6 rings (SSSR count). The number of fused-ring (bicyclic) bond motifs is 1. The maximum Gasteiger partial charge on any atom is 0.309 e. The summed E-state index contributed by atoms with van der Waals surface area (Å²) < 4.78 is 15.1. The topological polar surface area (TPSA) is 76.8 Å². The zero-order chi connectivity index (χ0) is 28.7. The number of nitrogens with zero attached hydrogens (tertiary/aromatic N) is 3. The first-order valence-electron chi connectivity index (χ1n) is 14.5. The van der Waals surface area contributed by atoms with Crippen molar-refractivity contribution in [2.75, 3.05) is 32.8 Å². The Morgan fingerprint density at radius 3 is 2.31 bits per heavy atom. The lowest BCUT2D eigenvalue weighted by Crippen LogP contribution is -2.25. The van der Waals surface area contributed by atoms with Gasteiger partial charge >= 0.3 is 5.97 Å². The molecule has 7 nitrogen and oxygen atoms in total. The number of imidazole rings is 1. The minimum atomic E-state index is -0.885. The van der Waals surface area contributed by atoms with Crippen molar-refractivity contribution in [2.45, 2.75) is 32.2 Å². The van der Waals surface area contributed by atoms with Crippen LogP contribution in [0.5, 0.6) is 11.5 Å². The summed E-state index contributed by atoms with van der Waals surface area (Å²) in [5, 5.41) is 10.2. The van der Waals surface area contributed by atoms with Crippen molar-refractivity contribution < 1.29 is 19.4 Å². The summed E-state index contributed by atoms with van der Waals surface area (Å²) in [5.74, 6) is 0.842. The number of carboxylic acids is 1. The SMILES string of the molecule is O=C(O)Cc1cn(CCOc2ccc(-c3sc4ccccc4c3Cc3ccc(OCCN4CCCC4)cc3)cc2)cn1. The first kappa shape index (κ1) is 28.0. The van der Waals surface area contributed by atoms with Gasteiger partial charge in [0, 0.05) is 22.3 Å². The minimum absolute atomic E-state index is 0.0757. The Hall–Kier alpha value is -4.14. The molecule has 0 amide bonds. The molecule has 0 saturated carbocycles. The average molecular weight is 582 g/mol. The van der Waals surface area contributed by atoms with Gasteiger partial charge in [0.15, 0.2) is 0 Å². The predicted molar refractivity (Wildman–Crippen MR) is 167 cm³/mol. The Morgan fingerprint density at radius 2 is 1.57 bits per heavy atom. The number of benzene rings is 3. The van der Waals surface area contributed by atoms with E-state index in [1.807, 2.05) is 28.0 Å². The molecule has 0 aliphatic carbocycles. The summed E-state index contributed by atoms with van der Waals surface area (Å²) in [4.78, 5) is 18.7. The highest BCUT2D eigenvalue weighted by atomic mass is 32.1. The van der Waals surface area contributed by atoms with E-state index in [1.165, 1.54) is 57.6 Å². The number of thiophene rings is 1. The van der Waals surface area contributed by atoms with Gasteiger partial charge in [-0.05, 0) is 96.9 Å². The lowest BCUT2D eigenvalue weighted by atomic mass is 9.99. The monoisotopic (exact) mass is 581 g/mol. The fraction of sp³-hybridized carbons (Fsp3) is 0.294. The van der Waals surface area contributed by atoms with Gasteiger partial charge in [-0.3, -0.25) is 9.69 Å². The molecule has 0 unspecified atom stereocenters. The van der Waals surface area contributed by atoms with Crippen molar-refractivity contribution in [3.8, 4) is 21.9 Å². The van der Waals surface area contributed by atoms with E-state index >= 15 is 0 Å². The van der Waals surface area contributed by atoms with Gasteiger partial charge in [-0.25, -0.2) is 4.98 Å². The van der Waals surface area contributed by atoms with Crippen LogP contribution in [0.25, 0.3) is 20.5 Å². The zero-order valence-corrected chi connectivity index (χ0v) is 24.4. The van der Waals surface area contributed by atoms with Gasteiger partial charge in [-0.2, -0.15) is 0 Å². The highest BCUT2D eigenvalue weighted by molar-refractivity contribution is 7.22. The molecule has 0 atom stereocenters. The number of aliphatic carboxylic acids is 1. The van der Waals surface area contributed by atoms with E-state index in [0.29, 0.717) is 18.8 Å². The van der Waals surface area contributed by atoms with Gasteiger partial charge in [0.05, 0.1) is 25.0 Å². The summed E-state index contributed by atoms with van der Waals surface area (Å²) in [7, 11) is 0. The van der Waals surface area contributed by atoms with Gasteiger partial charge in [0.25, 0.3) is 0 Å². The van der Waals surface area contributed by atoms with Crippen LogP contribution in [0.1, 0.15) is 29.7 Å². The molecular formula is C34H35N3O4S. The quantitative estimate of drug-likeness (QED) is 0.170. The van der Waals surface area contributed by atoms with Crippen LogP contribution in [0.15, 0.2) is 85.3 Å². The molecule has 1 saturated heterocycles. The molecule has 1 aliphatic heterocycles. The third kappa shape index (κ3) is 7.01. The maximum absolute atomic E-state index is 10.9. The van der Waals surface area contributed by atoms with Crippen LogP contribution in [-0.2, 0) is 24.2 Å². The second-order valence-corrected chi connectivity index (χ2v) is 11.7. The van der Waals surface area contributed by atoms with E-state index in [0.717, 1.165) is 31.1 Å². The molecule has 0 bridgehead atoms. The molecule has 8 heteroatoms. The summed E-state index contributed by atoms with van der Waals surface area (Å²) >= 11 is 1.83. The molecule has 1 fully saturated rings. The Kier molecular flexibility index (Phi) is 8.82. The van der Waals surface area contributed by atoms with E-state index in [4.69, 9.17) is 14.6 Å². The smallest absolute Gasteiger partial charge is 0.309 e. The standard InChI is InChI=1S/C34H35N3O4S/c38-33(39)22-27-23-37(24-35-27)18-20-41-29-13-9-26(10-14-29)34-31(30-5-1-2-6-32(30)42-34)21-25-7-11-28(12-8-25)40-19-17-36-15-3-4-16-36/h1-2,5-14,23-24H,3-4,15-22H2,(H,38,39). The molecule has 216 valence electrons. The van der Waals surface area contributed by atoms with Crippen LogP contribution in [0, 0.1) is 0 Å². The third-order valence-corrected chi connectivity index (χ3v) is 8.89. The second kappa shape index (κ2) is 13.2. The number of aromatic nitrogens is 2. The normalized spacial score (nSPS) is 13.5. The van der Waals surface area contributed by atoms with Crippen LogP contribution in [0.4, 0.5) is 0 Å². The molecule has 0 spiro atoms. The fourth-order valence-corrected chi connectivity index (χ4v) is 6.69. The van der Waals surface area contributed by atoms with Gasteiger partial charge < -0.3 is 19.1 Å². The number of hydrogen-bond acceptors (Lipinski definition) is 6. The van der Waals surface area contributed by atoms with Gasteiger partial charge in [0.1, 0.15) is 24.7 Å².